The minimum Gasteiger partial charge on any atom is -0.496 e. The lowest BCUT2D eigenvalue weighted by Crippen LogP contribution is -2.24. The third-order valence-corrected chi connectivity index (χ3v) is 4.82. The molecule has 0 bridgehead atoms. The van der Waals surface area contributed by atoms with Crippen LogP contribution >= 0.6 is 0 Å². The normalized spacial score (nSPS) is 12.7. The number of benzene rings is 2. The summed E-state index contributed by atoms with van der Waals surface area (Å²) in [5, 5.41) is 0.297. The fourth-order valence-electron chi connectivity index (χ4n) is 3.66. The van der Waals surface area contributed by atoms with E-state index >= 15 is 0 Å². The van der Waals surface area contributed by atoms with Crippen LogP contribution in [0.5, 0.6) is 11.5 Å². The molecule has 136 valence electrons. The van der Waals surface area contributed by atoms with E-state index in [0.29, 0.717) is 22.5 Å². The SMILES string of the molecule is COc1ccc(OC)c2c1C(=O)c1cc(C)c3c(=O)cc(C)oc3c1C2=O. The van der Waals surface area contributed by atoms with E-state index in [1.54, 1.807) is 32.0 Å². The van der Waals surface area contributed by atoms with Crippen LogP contribution in [0.2, 0.25) is 0 Å². The third kappa shape index (κ3) is 2.23. The monoisotopic (exact) mass is 364 g/mol. The van der Waals surface area contributed by atoms with Gasteiger partial charge in [0.25, 0.3) is 0 Å². The number of carbonyl (C=O) groups is 2. The predicted octanol–water partition coefficient (Wildman–Crippen LogP) is 3.20. The Morgan fingerprint density at radius 2 is 1.41 bits per heavy atom. The van der Waals surface area contributed by atoms with Crippen molar-refractivity contribution in [3.8, 4) is 11.5 Å². The van der Waals surface area contributed by atoms with E-state index in [9.17, 15) is 14.4 Å². The first kappa shape index (κ1) is 17.0. The van der Waals surface area contributed by atoms with Crippen LogP contribution < -0.4 is 14.9 Å². The number of methoxy groups -OCH3 is 2. The molecule has 1 aromatic heterocycles. The molecule has 1 heterocycles. The number of ether oxygens (including phenoxy) is 2. The molecule has 0 radical (unpaired) electrons. The Balaban J connectivity index is 2.19. The summed E-state index contributed by atoms with van der Waals surface area (Å²) in [4.78, 5) is 39.1. The first-order chi connectivity index (χ1) is 12.9. The van der Waals surface area contributed by atoms with Crippen molar-refractivity contribution in [2.45, 2.75) is 13.8 Å². The summed E-state index contributed by atoms with van der Waals surface area (Å²) >= 11 is 0. The maximum absolute atomic E-state index is 13.4. The van der Waals surface area contributed by atoms with Gasteiger partial charge in [0.05, 0.1) is 36.3 Å². The minimum atomic E-state index is -0.436. The maximum Gasteiger partial charge on any atom is 0.202 e. The quantitative estimate of drug-likeness (QED) is 0.543. The Bertz CT molecular complexity index is 1220. The number of fused-ring (bicyclic) bond motifs is 4. The van der Waals surface area contributed by atoms with E-state index in [2.05, 4.69) is 0 Å². The van der Waals surface area contributed by atoms with Gasteiger partial charge in [0, 0.05) is 11.6 Å². The maximum atomic E-state index is 13.4. The second kappa shape index (κ2) is 5.81. The Hall–Kier alpha value is -3.41. The van der Waals surface area contributed by atoms with Crippen molar-refractivity contribution >= 4 is 22.5 Å². The predicted molar refractivity (Wildman–Crippen MR) is 98.4 cm³/mol. The molecule has 0 saturated heterocycles. The standard InChI is InChI=1S/C21H16O6/c1-9-7-11-16(21-15(9)12(22)8-10(2)27-21)20(24)18-14(26-4)6-5-13(25-3)17(18)19(11)23/h5-8H,1-4H3. The molecule has 0 unspecified atom stereocenters. The van der Waals surface area contributed by atoms with Gasteiger partial charge >= 0.3 is 0 Å². The summed E-state index contributed by atoms with van der Waals surface area (Å²) in [7, 11) is 2.86. The lowest BCUT2D eigenvalue weighted by Gasteiger charge is -2.22. The molecule has 3 aromatic rings. The van der Waals surface area contributed by atoms with Gasteiger partial charge < -0.3 is 13.9 Å². The number of aryl methyl sites for hydroxylation is 2. The summed E-state index contributed by atoms with van der Waals surface area (Å²) in [6.07, 6.45) is 0. The van der Waals surface area contributed by atoms with Crippen LogP contribution in [-0.4, -0.2) is 25.8 Å². The van der Waals surface area contributed by atoms with Crippen LogP contribution in [0.15, 0.2) is 33.5 Å². The van der Waals surface area contributed by atoms with Crippen molar-refractivity contribution in [2.75, 3.05) is 14.2 Å². The second-order valence-corrected chi connectivity index (χ2v) is 6.42. The molecule has 2 aromatic carbocycles. The highest BCUT2D eigenvalue weighted by Crippen LogP contribution is 2.41. The molecular weight excluding hydrogens is 348 g/mol. The van der Waals surface area contributed by atoms with Crippen LogP contribution in [0, 0.1) is 13.8 Å². The van der Waals surface area contributed by atoms with E-state index in [-0.39, 0.29) is 44.8 Å². The Kier molecular flexibility index (Phi) is 3.66. The van der Waals surface area contributed by atoms with Crippen molar-refractivity contribution in [1.82, 2.24) is 0 Å². The molecule has 4 rings (SSSR count). The third-order valence-electron chi connectivity index (χ3n) is 4.82. The average molecular weight is 364 g/mol. The van der Waals surface area contributed by atoms with Crippen molar-refractivity contribution in [3.05, 3.63) is 68.1 Å². The molecule has 27 heavy (non-hydrogen) atoms. The van der Waals surface area contributed by atoms with Gasteiger partial charge in [0.2, 0.25) is 5.78 Å². The minimum absolute atomic E-state index is 0.0838. The van der Waals surface area contributed by atoms with Crippen LogP contribution in [0.25, 0.3) is 11.0 Å². The molecule has 0 spiro atoms. The topological polar surface area (TPSA) is 82.8 Å². The van der Waals surface area contributed by atoms with Gasteiger partial charge in [-0.1, -0.05) is 0 Å². The van der Waals surface area contributed by atoms with E-state index in [1.165, 1.54) is 20.3 Å². The first-order valence-electron chi connectivity index (χ1n) is 8.31. The van der Waals surface area contributed by atoms with Crippen LogP contribution in [0.3, 0.4) is 0 Å². The van der Waals surface area contributed by atoms with Gasteiger partial charge in [-0.05, 0) is 37.6 Å². The van der Waals surface area contributed by atoms with E-state index in [1.807, 2.05) is 0 Å². The molecule has 1 aliphatic carbocycles. The van der Waals surface area contributed by atoms with Gasteiger partial charge in [-0.3, -0.25) is 14.4 Å². The van der Waals surface area contributed by atoms with Gasteiger partial charge in [0.1, 0.15) is 22.8 Å². The molecule has 6 nitrogen and oxygen atoms in total. The van der Waals surface area contributed by atoms with Crippen molar-refractivity contribution in [1.29, 1.82) is 0 Å². The summed E-state index contributed by atoms with van der Waals surface area (Å²) < 4.78 is 16.3. The highest BCUT2D eigenvalue weighted by molar-refractivity contribution is 6.33. The molecule has 0 atom stereocenters. The number of hydrogen-bond acceptors (Lipinski definition) is 6. The molecule has 0 N–H and O–H groups in total. The average Bonchev–Trinajstić information content (AvgIpc) is 2.63. The van der Waals surface area contributed by atoms with Gasteiger partial charge in [-0.25, -0.2) is 0 Å². The number of ketones is 2. The largest absolute Gasteiger partial charge is 0.496 e. The Morgan fingerprint density at radius 3 is 2.00 bits per heavy atom. The van der Waals surface area contributed by atoms with E-state index in [0.717, 1.165) is 0 Å². The molecular formula is C21H16O6. The van der Waals surface area contributed by atoms with Crippen LogP contribution in [0.4, 0.5) is 0 Å². The molecule has 0 amide bonds. The molecule has 1 aliphatic rings. The lowest BCUT2D eigenvalue weighted by atomic mass is 9.81. The fourth-order valence-corrected chi connectivity index (χ4v) is 3.66. The van der Waals surface area contributed by atoms with Crippen LogP contribution in [0.1, 0.15) is 43.2 Å². The Morgan fingerprint density at radius 1 is 0.815 bits per heavy atom. The second-order valence-electron chi connectivity index (χ2n) is 6.42. The van der Waals surface area contributed by atoms with Crippen LogP contribution in [-0.2, 0) is 0 Å². The zero-order valence-electron chi connectivity index (χ0n) is 15.3. The molecule has 0 fully saturated rings. The Labute approximate surface area is 154 Å². The number of hydrogen-bond donors (Lipinski definition) is 0. The number of carbonyl (C=O) groups excluding carboxylic acids is 2. The van der Waals surface area contributed by atoms with Crippen molar-refractivity contribution in [3.63, 3.8) is 0 Å². The fraction of sp³-hybridized carbons (Fsp3) is 0.190. The molecule has 0 aliphatic heterocycles. The van der Waals surface area contributed by atoms with E-state index < -0.39 is 5.78 Å². The summed E-state index contributed by atoms with van der Waals surface area (Å²) in [6, 6.07) is 6.10. The zero-order valence-corrected chi connectivity index (χ0v) is 15.3. The molecule has 6 heteroatoms. The van der Waals surface area contributed by atoms with Gasteiger partial charge in [-0.2, -0.15) is 0 Å². The summed E-state index contributed by atoms with van der Waals surface area (Å²) in [6.45, 7) is 3.34. The lowest BCUT2D eigenvalue weighted by molar-refractivity contribution is 0.0974. The zero-order chi connectivity index (χ0) is 19.5. The van der Waals surface area contributed by atoms with E-state index in [4.69, 9.17) is 13.9 Å². The smallest absolute Gasteiger partial charge is 0.202 e. The molecule has 0 saturated carbocycles. The summed E-state index contributed by atoms with van der Waals surface area (Å²) in [5.74, 6) is 0.110. The number of rotatable bonds is 2. The van der Waals surface area contributed by atoms with Gasteiger partial charge in [0.15, 0.2) is 11.2 Å². The highest BCUT2D eigenvalue weighted by atomic mass is 16.5. The van der Waals surface area contributed by atoms with Gasteiger partial charge in [-0.15, -0.1) is 0 Å². The highest BCUT2D eigenvalue weighted by Gasteiger charge is 2.38. The van der Waals surface area contributed by atoms with Crippen molar-refractivity contribution < 1.29 is 23.5 Å². The summed E-state index contributed by atoms with van der Waals surface area (Å²) in [5.41, 5.74) is 0.996. The first-order valence-corrected chi connectivity index (χ1v) is 8.31. The van der Waals surface area contributed by atoms with Crippen molar-refractivity contribution in [2.24, 2.45) is 0 Å².